The van der Waals surface area contributed by atoms with E-state index in [1.54, 1.807) is 17.0 Å². The molecule has 22 heavy (non-hydrogen) atoms. The summed E-state index contributed by atoms with van der Waals surface area (Å²) in [4.78, 5) is 14.0. The lowest BCUT2D eigenvalue weighted by atomic mass is 10.0. The van der Waals surface area contributed by atoms with Gasteiger partial charge in [-0.05, 0) is 49.2 Å². The number of benzene rings is 2. The summed E-state index contributed by atoms with van der Waals surface area (Å²) in [6, 6.07) is 14.7. The minimum atomic E-state index is -0.689. The molecular formula is C18H20BrNO2. The molecule has 0 fully saturated rings. The lowest BCUT2D eigenvalue weighted by Crippen LogP contribution is -2.30. The summed E-state index contributed by atoms with van der Waals surface area (Å²) in [6.07, 6.45) is -0.689. The predicted molar refractivity (Wildman–Crippen MR) is 91.9 cm³/mol. The van der Waals surface area contributed by atoms with Gasteiger partial charge in [0.05, 0.1) is 0 Å². The van der Waals surface area contributed by atoms with Crippen LogP contribution in [-0.4, -0.2) is 29.0 Å². The van der Waals surface area contributed by atoms with Gasteiger partial charge >= 0.3 is 0 Å². The maximum absolute atomic E-state index is 12.3. The molecule has 1 unspecified atom stereocenters. The molecule has 2 aromatic carbocycles. The summed E-state index contributed by atoms with van der Waals surface area (Å²) >= 11 is 3.38. The van der Waals surface area contributed by atoms with Gasteiger partial charge in [0.2, 0.25) is 0 Å². The van der Waals surface area contributed by atoms with Crippen LogP contribution in [0.1, 0.15) is 41.4 Å². The van der Waals surface area contributed by atoms with E-state index in [1.807, 2.05) is 50.2 Å². The first kappa shape index (κ1) is 16.7. The highest BCUT2D eigenvalue weighted by atomic mass is 79.9. The second-order valence-corrected chi connectivity index (χ2v) is 5.97. The minimum absolute atomic E-state index is 0.0229. The molecule has 0 saturated carbocycles. The van der Waals surface area contributed by atoms with Gasteiger partial charge in [0, 0.05) is 23.1 Å². The molecule has 0 spiro atoms. The summed E-state index contributed by atoms with van der Waals surface area (Å²) in [5, 5.41) is 10.4. The first-order valence-electron chi connectivity index (χ1n) is 7.39. The second kappa shape index (κ2) is 7.56. The molecule has 0 radical (unpaired) electrons. The smallest absolute Gasteiger partial charge is 0.253 e. The second-order valence-electron chi connectivity index (χ2n) is 5.05. The Labute approximate surface area is 139 Å². The third kappa shape index (κ3) is 3.76. The Morgan fingerprint density at radius 2 is 1.45 bits per heavy atom. The average Bonchev–Trinajstić information content (AvgIpc) is 2.56. The molecule has 0 aromatic heterocycles. The van der Waals surface area contributed by atoms with E-state index < -0.39 is 6.10 Å². The van der Waals surface area contributed by atoms with Gasteiger partial charge in [-0.1, -0.05) is 40.2 Å². The van der Waals surface area contributed by atoms with E-state index in [-0.39, 0.29) is 5.91 Å². The van der Waals surface area contributed by atoms with E-state index in [9.17, 15) is 9.90 Å². The Hall–Kier alpha value is -1.65. The van der Waals surface area contributed by atoms with Gasteiger partial charge in [-0.2, -0.15) is 0 Å². The molecule has 0 heterocycles. The maximum atomic E-state index is 12.3. The molecule has 0 bridgehead atoms. The third-order valence-electron chi connectivity index (χ3n) is 3.71. The summed E-state index contributed by atoms with van der Waals surface area (Å²) in [5.74, 6) is 0.0229. The van der Waals surface area contributed by atoms with Crippen molar-refractivity contribution in [3.05, 3.63) is 69.7 Å². The Kier molecular flexibility index (Phi) is 5.75. The van der Waals surface area contributed by atoms with E-state index in [1.165, 1.54) is 0 Å². The molecule has 1 amide bonds. The number of amides is 1. The number of halogens is 1. The highest BCUT2D eigenvalue weighted by molar-refractivity contribution is 9.10. The van der Waals surface area contributed by atoms with Crippen molar-refractivity contribution in [3.8, 4) is 0 Å². The number of aliphatic hydroxyl groups is 1. The Balaban J connectivity index is 2.17. The summed E-state index contributed by atoms with van der Waals surface area (Å²) < 4.78 is 0.976. The van der Waals surface area contributed by atoms with Gasteiger partial charge in [0.15, 0.2) is 0 Å². The van der Waals surface area contributed by atoms with E-state index >= 15 is 0 Å². The molecule has 4 heteroatoms. The Morgan fingerprint density at radius 1 is 1.00 bits per heavy atom. The van der Waals surface area contributed by atoms with Crippen molar-refractivity contribution in [2.24, 2.45) is 0 Å². The molecule has 116 valence electrons. The zero-order valence-corrected chi connectivity index (χ0v) is 14.4. The van der Waals surface area contributed by atoms with Gasteiger partial charge in [-0.15, -0.1) is 0 Å². The van der Waals surface area contributed by atoms with E-state index in [2.05, 4.69) is 15.9 Å². The van der Waals surface area contributed by atoms with Crippen molar-refractivity contribution < 1.29 is 9.90 Å². The van der Waals surface area contributed by atoms with Crippen molar-refractivity contribution >= 4 is 21.8 Å². The summed E-state index contributed by atoms with van der Waals surface area (Å²) in [5.41, 5.74) is 2.25. The number of carbonyl (C=O) groups excluding carboxylic acids is 1. The normalized spacial score (nSPS) is 12.0. The molecule has 1 atom stereocenters. The van der Waals surface area contributed by atoms with Crippen LogP contribution in [-0.2, 0) is 0 Å². The van der Waals surface area contributed by atoms with Gasteiger partial charge in [0.25, 0.3) is 5.91 Å². The van der Waals surface area contributed by atoms with Crippen molar-refractivity contribution in [2.75, 3.05) is 13.1 Å². The lowest BCUT2D eigenvalue weighted by molar-refractivity contribution is 0.0773. The molecule has 0 aliphatic rings. The van der Waals surface area contributed by atoms with Crippen LogP contribution in [0.25, 0.3) is 0 Å². The van der Waals surface area contributed by atoms with E-state index in [4.69, 9.17) is 0 Å². The highest BCUT2D eigenvalue weighted by Gasteiger charge is 2.14. The third-order valence-corrected chi connectivity index (χ3v) is 4.24. The Bertz CT molecular complexity index is 619. The van der Waals surface area contributed by atoms with Gasteiger partial charge in [-0.3, -0.25) is 4.79 Å². The van der Waals surface area contributed by atoms with Crippen LogP contribution in [0.5, 0.6) is 0 Å². The fraction of sp³-hybridized carbons (Fsp3) is 0.278. The first-order chi connectivity index (χ1) is 10.6. The van der Waals surface area contributed by atoms with Crippen molar-refractivity contribution in [2.45, 2.75) is 20.0 Å². The fourth-order valence-electron chi connectivity index (χ4n) is 2.34. The van der Waals surface area contributed by atoms with E-state index in [0.717, 1.165) is 15.6 Å². The predicted octanol–water partition coefficient (Wildman–Crippen LogP) is 4.01. The number of carbonyl (C=O) groups is 1. The van der Waals surface area contributed by atoms with Crippen LogP contribution in [0.4, 0.5) is 0 Å². The monoisotopic (exact) mass is 361 g/mol. The van der Waals surface area contributed by atoms with Crippen LogP contribution in [0.15, 0.2) is 53.0 Å². The first-order valence-corrected chi connectivity index (χ1v) is 8.18. The van der Waals surface area contributed by atoms with E-state index in [0.29, 0.717) is 18.7 Å². The zero-order valence-electron chi connectivity index (χ0n) is 12.8. The van der Waals surface area contributed by atoms with Crippen molar-refractivity contribution in [1.29, 1.82) is 0 Å². The lowest BCUT2D eigenvalue weighted by Gasteiger charge is -2.19. The SMILES string of the molecule is CCN(CC)C(=O)c1ccc(C(O)c2ccc(Br)cc2)cc1. The maximum Gasteiger partial charge on any atom is 0.253 e. The average molecular weight is 362 g/mol. The van der Waals surface area contributed by atoms with Crippen molar-refractivity contribution in [3.63, 3.8) is 0 Å². The number of rotatable bonds is 5. The van der Waals surface area contributed by atoms with Crippen LogP contribution < -0.4 is 0 Å². The fourth-order valence-corrected chi connectivity index (χ4v) is 2.60. The molecule has 2 aromatic rings. The van der Waals surface area contributed by atoms with Gasteiger partial charge in [-0.25, -0.2) is 0 Å². The molecule has 3 nitrogen and oxygen atoms in total. The summed E-state index contributed by atoms with van der Waals surface area (Å²) in [7, 11) is 0. The van der Waals surface area contributed by atoms with Crippen LogP contribution in [0, 0.1) is 0 Å². The molecule has 1 N–H and O–H groups in total. The number of nitrogens with zero attached hydrogens (tertiary/aromatic N) is 1. The van der Waals surface area contributed by atoms with Gasteiger partial charge in [0.1, 0.15) is 6.10 Å². The number of hydrogen-bond donors (Lipinski definition) is 1. The quantitative estimate of drug-likeness (QED) is 0.873. The zero-order chi connectivity index (χ0) is 16.1. The van der Waals surface area contributed by atoms with Crippen LogP contribution in [0.2, 0.25) is 0 Å². The molecular weight excluding hydrogens is 342 g/mol. The number of hydrogen-bond acceptors (Lipinski definition) is 2. The van der Waals surface area contributed by atoms with Crippen molar-refractivity contribution in [1.82, 2.24) is 4.90 Å². The Morgan fingerprint density at radius 3 is 1.91 bits per heavy atom. The van der Waals surface area contributed by atoms with Crippen LogP contribution >= 0.6 is 15.9 Å². The highest BCUT2D eigenvalue weighted by Crippen LogP contribution is 2.24. The van der Waals surface area contributed by atoms with Gasteiger partial charge < -0.3 is 10.0 Å². The topological polar surface area (TPSA) is 40.5 Å². The largest absolute Gasteiger partial charge is 0.384 e. The number of aliphatic hydroxyl groups excluding tert-OH is 1. The summed E-state index contributed by atoms with van der Waals surface area (Å²) in [6.45, 7) is 5.32. The molecule has 0 aliphatic carbocycles. The standard InChI is InChI=1S/C18H20BrNO2/c1-3-20(4-2)18(22)15-7-5-13(6-8-15)17(21)14-9-11-16(19)12-10-14/h5-12,17,21H,3-4H2,1-2H3. The van der Waals surface area contributed by atoms with Crippen LogP contribution in [0.3, 0.4) is 0 Å². The molecule has 2 rings (SSSR count). The molecule has 0 aliphatic heterocycles. The molecule has 0 saturated heterocycles. The minimum Gasteiger partial charge on any atom is -0.384 e.